The van der Waals surface area contributed by atoms with Crippen molar-refractivity contribution in [2.75, 3.05) is 13.2 Å². The highest BCUT2D eigenvalue weighted by atomic mass is 35.5. The van der Waals surface area contributed by atoms with E-state index in [0.717, 1.165) is 0 Å². The molecule has 1 rings (SSSR count). The molecule has 3 atom stereocenters. The van der Waals surface area contributed by atoms with Crippen LogP contribution in [0.1, 0.15) is 6.92 Å². The van der Waals surface area contributed by atoms with Gasteiger partial charge in [-0.2, -0.15) is 0 Å². The summed E-state index contributed by atoms with van der Waals surface area (Å²) in [7, 11) is 0. The fourth-order valence-electron chi connectivity index (χ4n) is 1.40. The van der Waals surface area contributed by atoms with E-state index >= 15 is 0 Å². The van der Waals surface area contributed by atoms with Crippen LogP contribution in [0.15, 0.2) is 4.99 Å². The molecule has 80 valence electrons. The number of hydrogen-bond acceptors (Lipinski definition) is 4. The number of rotatable bonds is 2. The van der Waals surface area contributed by atoms with Crippen LogP contribution in [-0.4, -0.2) is 45.3 Å². The van der Waals surface area contributed by atoms with Crippen molar-refractivity contribution in [1.82, 2.24) is 0 Å². The van der Waals surface area contributed by atoms with E-state index in [-0.39, 0.29) is 11.5 Å². The van der Waals surface area contributed by atoms with E-state index in [4.69, 9.17) is 33.4 Å². The summed E-state index contributed by atoms with van der Waals surface area (Å²) >= 11 is 11.8. The predicted molar refractivity (Wildman–Crippen MR) is 54.0 cm³/mol. The SMILES string of the molecule is CC1=NC(Cl)C(Cl)(CO)C(CO)C1=O. The van der Waals surface area contributed by atoms with Crippen LogP contribution in [0, 0.1) is 5.92 Å². The number of aliphatic hydroxyl groups is 2. The summed E-state index contributed by atoms with van der Waals surface area (Å²) in [5.41, 5.74) is -0.669. The maximum absolute atomic E-state index is 11.5. The normalized spacial score (nSPS) is 38.4. The molecule has 0 radical (unpaired) electrons. The van der Waals surface area contributed by atoms with Crippen LogP contribution < -0.4 is 0 Å². The molecule has 4 nitrogen and oxygen atoms in total. The Bertz CT molecular complexity index is 282. The van der Waals surface area contributed by atoms with Gasteiger partial charge in [0.05, 0.1) is 24.8 Å². The predicted octanol–water partition coefficient (Wildman–Crippen LogP) is 0.173. The third-order valence-corrected chi connectivity index (χ3v) is 3.57. The number of halogens is 2. The van der Waals surface area contributed by atoms with E-state index in [1.54, 1.807) is 0 Å². The minimum absolute atomic E-state index is 0.230. The van der Waals surface area contributed by atoms with Gasteiger partial charge in [-0.3, -0.25) is 9.79 Å². The molecule has 3 unspecified atom stereocenters. The highest BCUT2D eigenvalue weighted by Gasteiger charge is 2.50. The van der Waals surface area contributed by atoms with Crippen molar-refractivity contribution in [2.45, 2.75) is 17.3 Å². The molecule has 0 bridgehead atoms. The Morgan fingerprint density at radius 1 is 1.57 bits per heavy atom. The van der Waals surface area contributed by atoms with Gasteiger partial charge in [-0.05, 0) is 6.92 Å². The molecule has 0 saturated heterocycles. The first-order chi connectivity index (χ1) is 6.47. The summed E-state index contributed by atoms with van der Waals surface area (Å²) in [5.74, 6) is -1.26. The lowest BCUT2D eigenvalue weighted by Crippen LogP contribution is -2.53. The summed E-state index contributed by atoms with van der Waals surface area (Å²) in [6.07, 6.45) is 0. The molecule has 0 aromatic rings. The number of carbonyl (C=O) groups is 1. The van der Waals surface area contributed by atoms with E-state index in [1.807, 2.05) is 0 Å². The van der Waals surface area contributed by atoms with Gasteiger partial charge in [-0.1, -0.05) is 11.6 Å². The fourth-order valence-corrected chi connectivity index (χ4v) is 1.98. The molecule has 0 amide bonds. The van der Waals surface area contributed by atoms with E-state index in [9.17, 15) is 4.79 Å². The molecule has 1 aliphatic rings. The highest BCUT2D eigenvalue weighted by molar-refractivity contribution is 6.45. The van der Waals surface area contributed by atoms with Crippen LogP contribution in [-0.2, 0) is 4.79 Å². The second-order valence-electron chi connectivity index (χ2n) is 3.23. The highest BCUT2D eigenvalue weighted by Crippen LogP contribution is 2.37. The first-order valence-corrected chi connectivity index (χ1v) is 4.92. The molecule has 1 aliphatic heterocycles. The Labute approximate surface area is 91.5 Å². The fraction of sp³-hybridized carbons (Fsp3) is 0.750. The molecule has 0 aromatic carbocycles. The third-order valence-electron chi connectivity index (χ3n) is 2.38. The Balaban J connectivity index is 3.13. The lowest BCUT2D eigenvalue weighted by molar-refractivity contribution is -0.120. The zero-order valence-electron chi connectivity index (χ0n) is 7.57. The standard InChI is InChI=1S/C8H11Cl2NO3/c1-4-6(14)5(2-12)8(10,3-13)7(9)11-4/h5,7,12-13H,2-3H2,1H3. The van der Waals surface area contributed by atoms with Crippen LogP contribution in [0.5, 0.6) is 0 Å². The monoisotopic (exact) mass is 239 g/mol. The van der Waals surface area contributed by atoms with Crippen molar-refractivity contribution in [3.05, 3.63) is 0 Å². The second-order valence-corrected chi connectivity index (χ2v) is 4.35. The number of ketones is 1. The summed E-state index contributed by atoms with van der Waals surface area (Å²) in [6, 6.07) is 0. The van der Waals surface area contributed by atoms with Gasteiger partial charge in [0, 0.05) is 0 Å². The smallest absolute Gasteiger partial charge is 0.183 e. The van der Waals surface area contributed by atoms with Gasteiger partial charge < -0.3 is 10.2 Å². The average Bonchev–Trinajstić information content (AvgIpc) is 2.16. The van der Waals surface area contributed by atoms with Crippen molar-refractivity contribution >= 4 is 34.7 Å². The Hall–Kier alpha value is -0.160. The number of Topliss-reactive ketones (excluding diaryl/α,β-unsaturated/α-hetero) is 1. The van der Waals surface area contributed by atoms with Gasteiger partial charge in [-0.15, -0.1) is 11.6 Å². The molecular formula is C8H11Cl2NO3. The van der Waals surface area contributed by atoms with Gasteiger partial charge in [-0.25, -0.2) is 0 Å². The minimum Gasteiger partial charge on any atom is -0.396 e. The zero-order valence-corrected chi connectivity index (χ0v) is 9.09. The molecular weight excluding hydrogens is 229 g/mol. The van der Waals surface area contributed by atoms with Crippen LogP contribution in [0.25, 0.3) is 0 Å². The van der Waals surface area contributed by atoms with Crippen molar-refractivity contribution in [3.8, 4) is 0 Å². The third kappa shape index (κ3) is 1.67. The van der Waals surface area contributed by atoms with Gasteiger partial charge in [0.25, 0.3) is 0 Å². The van der Waals surface area contributed by atoms with Crippen molar-refractivity contribution in [3.63, 3.8) is 0 Å². The molecule has 14 heavy (non-hydrogen) atoms. The summed E-state index contributed by atoms with van der Waals surface area (Å²) in [4.78, 5) is 14.0. The number of hydrogen-bond donors (Lipinski definition) is 2. The minimum atomic E-state index is -1.40. The van der Waals surface area contributed by atoms with Crippen molar-refractivity contribution < 1.29 is 15.0 Å². The summed E-state index contributed by atoms with van der Waals surface area (Å²) in [5, 5.41) is 18.1. The Kier molecular flexibility index (Phi) is 3.53. The first-order valence-electron chi connectivity index (χ1n) is 4.10. The largest absolute Gasteiger partial charge is 0.396 e. The second kappa shape index (κ2) is 4.14. The van der Waals surface area contributed by atoms with Crippen molar-refractivity contribution in [2.24, 2.45) is 10.9 Å². The van der Waals surface area contributed by atoms with Crippen LogP contribution in [0.3, 0.4) is 0 Å². The number of aliphatic imine (C=N–C) groups is 1. The molecule has 0 fully saturated rings. The number of nitrogens with zero attached hydrogens (tertiary/aromatic N) is 1. The van der Waals surface area contributed by atoms with Crippen molar-refractivity contribution in [1.29, 1.82) is 0 Å². The number of carbonyl (C=O) groups excluding carboxylic acids is 1. The Morgan fingerprint density at radius 2 is 2.14 bits per heavy atom. The lowest BCUT2D eigenvalue weighted by Gasteiger charge is -2.37. The molecule has 6 heteroatoms. The van der Waals surface area contributed by atoms with E-state index in [0.29, 0.717) is 0 Å². The van der Waals surface area contributed by atoms with Gasteiger partial charge >= 0.3 is 0 Å². The van der Waals surface area contributed by atoms with Crippen LogP contribution >= 0.6 is 23.2 Å². The van der Waals surface area contributed by atoms with Gasteiger partial charge in [0.1, 0.15) is 10.4 Å². The van der Waals surface area contributed by atoms with E-state index in [2.05, 4.69) is 4.99 Å². The molecule has 0 spiro atoms. The molecule has 2 N–H and O–H groups in total. The Morgan fingerprint density at radius 3 is 2.57 bits per heavy atom. The molecule has 0 saturated carbocycles. The maximum atomic E-state index is 11.5. The molecule has 0 aliphatic carbocycles. The zero-order chi connectivity index (χ0) is 10.9. The van der Waals surface area contributed by atoms with E-state index < -0.39 is 29.5 Å². The van der Waals surface area contributed by atoms with Gasteiger partial charge in [0.15, 0.2) is 5.78 Å². The maximum Gasteiger partial charge on any atom is 0.183 e. The van der Waals surface area contributed by atoms with Crippen LogP contribution in [0.2, 0.25) is 0 Å². The summed E-state index contributed by atoms with van der Waals surface area (Å²) < 4.78 is 0. The first kappa shape index (κ1) is 11.9. The average molecular weight is 240 g/mol. The van der Waals surface area contributed by atoms with E-state index in [1.165, 1.54) is 6.92 Å². The topological polar surface area (TPSA) is 69.9 Å². The quantitative estimate of drug-likeness (QED) is 0.534. The number of alkyl halides is 2. The lowest BCUT2D eigenvalue weighted by atomic mass is 9.84. The van der Waals surface area contributed by atoms with Gasteiger partial charge in [0.2, 0.25) is 0 Å². The van der Waals surface area contributed by atoms with Crippen LogP contribution in [0.4, 0.5) is 0 Å². The molecule has 0 aromatic heterocycles. The molecule has 1 heterocycles. The number of aliphatic hydroxyl groups excluding tert-OH is 2. The summed E-state index contributed by atoms with van der Waals surface area (Å²) in [6.45, 7) is 0.559.